The summed E-state index contributed by atoms with van der Waals surface area (Å²) in [4.78, 5) is 9.60. The van der Waals surface area contributed by atoms with E-state index in [0.717, 1.165) is 0 Å². The van der Waals surface area contributed by atoms with Gasteiger partial charge >= 0.3 is 38.3 Å². The molecule has 0 aliphatic carbocycles. The summed E-state index contributed by atoms with van der Waals surface area (Å²) in [7, 11) is 0. The van der Waals surface area contributed by atoms with Gasteiger partial charge in [-0.25, -0.2) is 4.79 Å². The van der Waals surface area contributed by atoms with Crippen LogP contribution >= 0.6 is 0 Å². The van der Waals surface area contributed by atoms with Gasteiger partial charge < -0.3 is 5.11 Å². The molecule has 0 saturated heterocycles. The molecule has 0 bridgehead atoms. The Morgan fingerprint density at radius 3 is 1.89 bits per heavy atom. The van der Waals surface area contributed by atoms with Crippen LogP contribution in [0, 0.1) is 0 Å². The van der Waals surface area contributed by atoms with Crippen molar-refractivity contribution in [1.82, 2.24) is 0 Å². The van der Waals surface area contributed by atoms with Gasteiger partial charge in [-0.2, -0.15) is 0 Å². The van der Waals surface area contributed by atoms with E-state index in [1.165, 1.54) is 6.92 Å². The van der Waals surface area contributed by atoms with Gasteiger partial charge in [0.1, 0.15) is 0 Å². The van der Waals surface area contributed by atoms with Gasteiger partial charge in [-0.05, 0) is 6.92 Å². The van der Waals surface area contributed by atoms with Crippen molar-refractivity contribution in [3.05, 3.63) is 12.2 Å². The van der Waals surface area contributed by atoms with Gasteiger partial charge in [-0.15, -0.1) is 0 Å². The number of carbonyl (C=O) groups is 1. The maximum absolute atomic E-state index is 9.60. The van der Waals surface area contributed by atoms with E-state index in [9.17, 15) is 4.79 Å². The standard InChI is InChI=1S/C4H6O2.C2H4.Mg/c1-3(2)4(5)6;1-2;/h1H2,2H3,(H,5,6);1H,2H3;. The summed E-state index contributed by atoms with van der Waals surface area (Å²) < 4.78 is 2.03. The molecule has 0 heterocycles. The second-order valence-corrected chi connectivity index (χ2v) is 2.31. The van der Waals surface area contributed by atoms with E-state index in [1.807, 2.05) is 32.3 Å². The zero-order valence-electron chi connectivity index (χ0n) is 5.85. The van der Waals surface area contributed by atoms with Gasteiger partial charge in [0.25, 0.3) is 0 Å². The van der Waals surface area contributed by atoms with Crippen molar-refractivity contribution in [2.45, 2.75) is 13.8 Å². The molecule has 0 spiro atoms. The molecule has 0 aromatic carbocycles. The van der Waals surface area contributed by atoms with Crippen LogP contribution in [0.2, 0.25) is 0 Å². The number of rotatable bonds is 1. The Kier molecular flexibility index (Phi) is 10.1. The zero-order chi connectivity index (χ0) is 7.86. The average molecular weight is 138 g/mol. The zero-order valence-corrected chi connectivity index (χ0v) is 7.26. The third-order valence-corrected chi connectivity index (χ3v) is 0.365. The Bertz CT molecular complexity index is 106. The SMILES string of the molecule is C=C(C)C(=O)O.C[CH]=[Mg]. The van der Waals surface area contributed by atoms with E-state index in [2.05, 4.69) is 6.58 Å². The van der Waals surface area contributed by atoms with E-state index in [-0.39, 0.29) is 5.57 Å². The first-order valence-corrected chi connectivity index (χ1v) is 3.33. The third kappa shape index (κ3) is 18.1. The molecule has 48 valence electrons. The summed E-state index contributed by atoms with van der Waals surface area (Å²) >= 11 is 1.85. The fourth-order valence-corrected chi connectivity index (χ4v) is 0. The van der Waals surface area contributed by atoms with Crippen LogP contribution in [0.4, 0.5) is 0 Å². The van der Waals surface area contributed by atoms with E-state index in [0.29, 0.717) is 0 Å². The topological polar surface area (TPSA) is 37.3 Å². The Morgan fingerprint density at radius 1 is 1.78 bits per heavy atom. The van der Waals surface area contributed by atoms with Gasteiger partial charge in [0, 0.05) is 5.57 Å². The Morgan fingerprint density at radius 2 is 1.89 bits per heavy atom. The summed E-state index contributed by atoms with van der Waals surface area (Å²) in [5.41, 5.74) is 0.176. The Balaban J connectivity index is 0. The van der Waals surface area contributed by atoms with Crippen molar-refractivity contribution in [2.75, 3.05) is 0 Å². The fraction of sp³-hybridized carbons (Fsp3) is 0.333. The number of hydrogen-bond acceptors (Lipinski definition) is 1. The van der Waals surface area contributed by atoms with Gasteiger partial charge in [0.05, 0.1) is 0 Å². The summed E-state index contributed by atoms with van der Waals surface area (Å²) in [6, 6.07) is 0. The molecular formula is C6H10MgO2. The molecule has 0 aromatic heterocycles. The van der Waals surface area contributed by atoms with Gasteiger partial charge in [0.15, 0.2) is 0 Å². The molecule has 0 aliphatic rings. The van der Waals surface area contributed by atoms with Crippen LogP contribution in [0.5, 0.6) is 0 Å². The number of aliphatic carboxylic acids is 1. The molecule has 0 fully saturated rings. The van der Waals surface area contributed by atoms with E-state index in [1.54, 1.807) is 0 Å². The van der Waals surface area contributed by atoms with Crippen molar-refractivity contribution in [1.29, 1.82) is 0 Å². The molecule has 0 rings (SSSR count). The molecule has 0 aromatic rings. The summed E-state index contributed by atoms with van der Waals surface area (Å²) in [6.07, 6.45) is 0. The molecule has 0 radical (unpaired) electrons. The average Bonchev–Trinajstić information content (AvgIpc) is 1.68. The summed E-state index contributed by atoms with van der Waals surface area (Å²) in [5, 5.41) is 7.89. The quantitative estimate of drug-likeness (QED) is 0.426. The van der Waals surface area contributed by atoms with Crippen LogP contribution in [0.3, 0.4) is 0 Å². The van der Waals surface area contributed by atoms with Crippen LogP contribution in [-0.4, -0.2) is 36.5 Å². The van der Waals surface area contributed by atoms with Crippen LogP contribution in [0.1, 0.15) is 13.8 Å². The second kappa shape index (κ2) is 7.85. The minimum absolute atomic E-state index is 0.176. The van der Waals surface area contributed by atoms with Crippen LogP contribution in [0.25, 0.3) is 0 Å². The van der Waals surface area contributed by atoms with Gasteiger partial charge in [0.2, 0.25) is 0 Å². The molecule has 0 unspecified atom stereocenters. The molecule has 0 amide bonds. The third-order valence-electron chi connectivity index (χ3n) is 0.365. The van der Waals surface area contributed by atoms with Gasteiger partial charge in [-0.3, -0.25) is 0 Å². The number of hydrogen-bond donors (Lipinski definition) is 1. The normalized spacial score (nSPS) is 6.67. The van der Waals surface area contributed by atoms with Crippen LogP contribution < -0.4 is 0 Å². The first-order valence-electron chi connectivity index (χ1n) is 2.52. The first-order chi connectivity index (χ1) is 4.06. The van der Waals surface area contributed by atoms with Crippen molar-refractivity contribution in [3.63, 3.8) is 0 Å². The summed E-state index contributed by atoms with van der Waals surface area (Å²) in [6.45, 7) is 6.61. The van der Waals surface area contributed by atoms with E-state index in [4.69, 9.17) is 5.11 Å². The fourth-order valence-electron chi connectivity index (χ4n) is 0. The molecule has 0 aliphatic heterocycles. The van der Waals surface area contributed by atoms with Crippen molar-refractivity contribution in [2.24, 2.45) is 0 Å². The van der Waals surface area contributed by atoms with Crippen molar-refractivity contribution in [3.8, 4) is 0 Å². The molecule has 1 N–H and O–H groups in total. The Hall–Kier alpha value is -0.154. The molecule has 3 heteroatoms. The molecule has 2 nitrogen and oxygen atoms in total. The monoisotopic (exact) mass is 138 g/mol. The number of carboxylic acids is 1. The maximum atomic E-state index is 9.60. The van der Waals surface area contributed by atoms with Crippen molar-refractivity contribution >= 4 is 31.3 Å². The molecule has 0 atom stereocenters. The van der Waals surface area contributed by atoms with Crippen LogP contribution in [-0.2, 0) is 4.79 Å². The first kappa shape index (κ1) is 11.6. The predicted octanol–water partition coefficient (Wildman–Crippen LogP) is 0.624. The molecular weight excluding hydrogens is 128 g/mol. The van der Waals surface area contributed by atoms with Gasteiger partial charge in [-0.1, -0.05) is 6.58 Å². The van der Waals surface area contributed by atoms with E-state index < -0.39 is 5.97 Å². The van der Waals surface area contributed by atoms with Crippen molar-refractivity contribution < 1.29 is 9.90 Å². The predicted molar refractivity (Wildman–Crippen MR) is 39.9 cm³/mol. The van der Waals surface area contributed by atoms with E-state index >= 15 is 0 Å². The Labute approximate surface area is 67.5 Å². The molecule has 9 heavy (non-hydrogen) atoms. The number of carboxylic acid groups (broad SMARTS) is 1. The van der Waals surface area contributed by atoms with Crippen LogP contribution in [0.15, 0.2) is 12.2 Å². The summed E-state index contributed by atoms with van der Waals surface area (Å²) in [5.74, 6) is -0.935. The molecule has 0 saturated carbocycles. The second-order valence-electron chi connectivity index (χ2n) is 1.49. The minimum atomic E-state index is -0.935.